The van der Waals surface area contributed by atoms with E-state index in [1.807, 2.05) is 6.92 Å². The van der Waals surface area contributed by atoms with Gasteiger partial charge in [-0.3, -0.25) is 0 Å². The normalized spacial score (nSPS) is 25.9. The first-order valence-corrected chi connectivity index (χ1v) is 9.28. The number of fused-ring (bicyclic) bond motifs is 1. The number of methoxy groups -OCH3 is 2. The van der Waals surface area contributed by atoms with Crippen molar-refractivity contribution in [3.8, 4) is 17.2 Å². The maximum atomic E-state index is 11.8. The maximum Gasteiger partial charge on any atom is 0.336 e. The summed E-state index contributed by atoms with van der Waals surface area (Å²) in [5.74, 6) is -0.323. The maximum absolute atomic E-state index is 11.8. The summed E-state index contributed by atoms with van der Waals surface area (Å²) in [5, 5.41) is 0.636. The Hall–Kier alpha value is -3.00. The van der Waals surface area contributed by atoms with Gasteiger partial charge in [0.05, 0.1) is 20.3 Å². The molecule has 2 aliphatic rings. The van der Waals surface area contributed by atoms with Crippen molar-refractivity contribution in [1.82, 2.24) is 0 Å². The summed E-state index contributed by atoms with van der Waals surface area (Å²) in [4.78, 5) is 23.5. The van der Waals surface area contributed by atoms with E-state index in [0.717, 1.165) is 0 Å². The molecule has 0 N–H and O–H groups in total. The first kappa shape index (κ1) is 19.3. The molecular formula is C21H22O8. The van der Waals surface area contributed by atoms with Gasteiger partial charge in [-0.25, -0.2) is 9.59 Å². The monoisotopic (exact) mass is 402 g/mol. The van der Waals surface area contributed by atoms with Crippen LogP contribution >= 0.6 is 0 Å². The van der Waals surface area contributed by atoms with Gasteiger partial charge in [-0.2, -0.15) is 0 Å². The van der Waals surface area contributed by atoms with Gasteiger partial charge in [0, 0.05) is 23.4 Å². The van der Waals surface area contributed by atoms with E-state index in [1.54, 1.807) is 25.1 Å². The molecule has 1 aromatic carbocycles. The second-order valence-electron chi connectivity index (χ2n) is 7.29. The first-order chi connectivity index (χ1) is 13.9. The van der Waals surface area contributed by atoms with Crippen LogP contribution in [-0.4, -0.2) is 38.7 Å². The van der Waals surface area contributed by atoms with E-state index >= 15 is 0 Å². The Morgan fingerprint density at radius 1 is 1.17 bits per heavy atom. The molecule has 3 heterocycles. The SMILES string of the molecule is COc1cc2ccc(=O)oc2c(OC[C@H]2O[C@@]3(C=C(C)C(=O)O3)C[C@H]2C)c1OC. The van der Waals surface area contributed by atoms with Crippen LogP contribution in [0.15, 0.2) is 39.1 Å². The molecule has 8 heteroatoms. The molecule has 0 amide bonds. The van der Waals surface area contributed by atoms with E-state index in [1.165, 1.54) is 20.3 Å². The highest BCUT2D eigenvalue weighted by atomic mass is 16.7. The largest absolute Gasteiger partial charge is 0.493 e. The lowest BCUT2D eigenvalue weighted by atomic mass is 10.00. The van der Waals surface area contributed by atoms with E-state index in [0.29, 0.717) is 28.9 Å². The molecule has 4 rings (SSSR count). The van der Waals surface area contributed by atoms with Crippen molar-refractivity contribution in [1.29, 1.82) is 0 Å². The zero-order chi connectivity index (χ0) is 20.8. The van der Waals surface area contributed by atoms with Gasteiger partial charge in [-0.1, -0.05) is 6.92 Å². The van der Waals surface area contributed by atoms with Gasteiger partial charge in [0.25, 0.3) is 0 Å². The molecule has 0 saturated carbocycles. The first-order valence-electron chi connectivity index (χ1n) is 9.28. The van der Waals surface area contributed by atoms with E-state index < -0.39 is 11.4 Å². The van der Waals surface area contributed by atoms with Crippen molar-refractivity contribution < 1.29 is 32.9 Å². The second-order valence-corrected chi connectivity index (χ2v) is 7.29. The smallest absolute Gasteiger partial charge is 0.336 e. The third-order valence-electron chi connectivity index (χ3n) is 5.22. The van der Waals surface area contributed by atoms with E-state index in [2.05, 4.69) is 0 Å². The average molecular weight is 402 g/mol. The van der Waals surface area contributed by atoms with Crippen LogP contribution in [0.1, 0.15) is 20.3 Å². The third kappa shape index (κ3) is 3.33. The van der Waals surface area contributed by atoms with Gasteiger partial charge in [0.1, 0.15) is 6.61 Å². The fraction of sp³-hybridized carbons (Fsp3) is 0.429. The van der Waals surface area contributed by atoms with Crippen molar-refractivity contribution in [2.75, 3.05) is 20.8 Å². The molecule has 29 heavy (non-hydrogen) atoms. The molecule has 3 atom stereocenters. The summed E-state index contributed by atoms with van der Waals surface area (Å²) in [6, 6.07) is 4.66. The van der Waals surface area contributed by atoms with Gasteiger partial charge in [-0.05, 0) is 31.1 Å². The van der Waals surface area contributed by atoms with Gasteiger partial charge in [0.15, 0.2) is 11.3 Å². The summed E-state index contributed by atoms with van der Waals surface area (Å²) in [5.41, 5.74) is 0.289. The number of esters is 1. The number of rotatable bonds is 5. The second kappa shape index (κ2) is 7.11. The molecule has 0 unspecified atom stereocenters. The van der Waals surface area contributed by atoms with Gasteiger partial charge >= 0.3 is 11.6 Å². The van der Waals surface area contributed by atoms with Gasteiger partial charge < -0.3 is 28.1 Å². The summed E-state index contributed by atoms with van der Waals surface area (Å²) in [7, 11) is 2.99. The standard InChI is InChI=1S/C21H22O8/c1-11-8-21(9-12(2)20(23)29-21)28-15(11)10-26-19-17-13(5-6-16(22)27-17)7-14(24-3)18(19)25-4/h5-7,9,11,15H,8,10H2,1-4H3/t11-,15-,21+/m1/s1. The van der Waals surface area contributed by atoms with Crippen LogP contribution in [0, 0.1) is 5.92 Å². The predicted octanol–water partition coefficient (Wildman–Crippen LogP) is 2.81. The molecule has 1 saturated heterocycles. The number of benzene rings is 1. The zero-order valence-corrected chi connectivity index (χ0v) is 16.6. The van der Waals surface area contributed by atoms with Crippen LogP contribution in [0.25, 0.3) is 11.0 Å². The van der Waals surface area contributed by atoms with Crippen LogP contribution in [0.3, 0.4) is 0 Å². The van der Waals surface area contributed by atoms with Crippen LogP contribution in [0.5, 0.6) is 17.2 Å². The Bertz CT molecular complexity index is 1050. The Morgan fingerprint density at radius 3 is 2.62 bits per heavy atom. The van der Waals surface area contributed by atoms with Crippen molar-refractivity contribution in [3.05, 3.63) is 40.3 Å². The quantitative estimate of drug-likeness (QED) is 0.557. The molecule has 0 radical (unpaired) electrons. The minimum Gasteiger partial charge on any atom is -0.493 e. The average Bonchev–Trinajstić information content (AvgIpc) is 3.14. The Kier molecular flexibility index (Phi) is 4.74. The molecule has 2 aromatic rings. The number of carbonyl (C=O) groups is 1. The highest BCUT2D eigenvalue weighted by molar-refractivity contribution is 5.90. The van der Waals surface area contributed by atoms with Gasteiger partial charge in [-0.15, -0.1) is 0 Å². The lowest BCUT2D eigenvalue weighted by Crippen LogP contribution is -2.30. The Labute approximate surface area is 166 Å². The van der Waals surface area contributed by atoms with E-state index in [9.17, 15) is 9.59 Å². The van der Waals surface area contributed by atoms with Crippen LogP contribution < -0.4 is 19.8 Å². The summed E-state index contributed by atoms with van der Waals surface area (Å²) in [6.45, 7) is 3.84. The number of carbonyl (C=O) groups excluding carboxylic acids is 1. The highest BCUT2D eigenvalue weighted by Crippen LogP contribution is 2.45. The van der Waals surface area contributed by atoms with E-state index in [-0.39, 0.29) is 35.9 Å². The molecule has 1 spiro atoms. The topological polar surface area (TPSA) is 93.4 Å². The fourth-order valence-corrected chi connectivity index (χ4v) is 3.79. The lowest BCUT2D eigenvalue weighted by molar-refractivity contribution is -0.194. The van der Waals surface area contributed by atoms with Gasteiger partial charge in [0.2, 0.25) is 17.3 Å². The molecule has 1 aromatic heterocycles. The van der Waals surface area contributed by atoms with Crippen molar-refractivity contribution in [3.63, 3.8) is 0 Å². The minimum atomic E-state index is -1.04. The van der Waals surface area contributed by atoms with Crippen LogP contribution in [-0.2, 0) is 14.3 Å². The Morgan fingerprint density at radius 2 is 1.97 bits per heavy atom. The summed E-state index contributed by atoms with van der Waals surface area (Å²) >= 11 is 0. The number of hydrogen-bond donors (Lipinski definition) is 0. The molecule has 0 bridgehead atoms. The van der Waals surface area contributed by atoms with Crippen molar-refractivity contribution in [2.45, 2.75) is 32.2 Å². The zero-order valence-electron chi connectivity index (χ0n) is 16.6. The van der Waals surface area contributed by atoms with Crippen molar-refractivity contribution in [2.24, 2.45) is 5.92 Å². The summed E-state index contributed by atoms with van der Waals surface area (Å²) in [6.07, 6.45) is 1.91. The van der Waals surface area contributed by atoms with Crippen LogP contribution in [0.2, 0.25) is 0 Å². The Balaban J connectivity index is 1.64. The van der Waals surface area contributed by atoms with Crippen molar-refractivity contribution >= 4 is 16.9 Å². The minimum absolute atomic E-state index is 0.0693. The molecule has 1 fully saturated rings. The highest BCUT2D eigenvalue weighted by Gasteiger charge is 2.50. The number of ether oxygens (including phenoxy) is 5. The predicted molar refractivity (Wildman–Crippen MR) is 102 cm³/mol. The fourth-order valence-electron chi connectivity index (χ4n) is 3.79. The summed E-state index contributed by atoms with van der Waals surface area (Å²) < 4.78 is 33.7. The molecule has 8 nitrogen and oxygen atoms in total. The molecule has 0 aliphatic carbocycles. The van der Waals surface area contributed by atoms with E-state index in [4.69, 9.17) is 28.1 Å². The molecular weight excluding hydrogens is 380 g/mol. The molecule has 2 aliphatic heterocycles. The molecule has 154 valence electrons. The lowest BCUT2D eigenvalue weighted by Gasteiger charge is -2.22. The third-order valence-corrected chi connectivity index (χ3v) is 5.22. The van der Waals surface area contributed by atoms with Crippen LogP contribution in [0.4, 0.5) is 0 Å². The number of hydrogen-bond acceptors (Lipinski definition) is 8.